The fraction of sp³-hybridized carbons (Fsp3) is 0.750. The van der Waals surface area contributed by atoms with Gasteiger partial charge in [-0.3, -0.25) is 0 Å². The standard InChI is InChI=1S/C12H23N3O/c1-9(2)5-13-6-12(16)7-15-8-14-10(3)11(15)4/h8-9,12-13,16H,5-7H2,1-4H3. The van der Waals surface area contributed by atoms with E-state index in [0.717, 1.165) is 17.9 Å². The Morgan fingerprint density at radius 1 is 1.38 bits per heavy atom. The van der Waals surface area contributed by atoms with Gasteiger partial charge in [0.2, 0.25) is 0 Å². The smallest absolute Gasteiger partial charge is 0.0952 e. The first-order valence-electron chi connectivity index (χ1n) is 5.87. The molecule has 0 bridgehead atoms. The molecule has 4 nitrogen and oxygen atoms in total. The van der Waals surface area contributed by atoms with Crippen LogP contribution in [0.5, 0.6) is 0 Å². The average molecular weight is 225 g/mol. The number of nitrogens with zero attached hydrogens (tertiary/aromatic N) is 2. The third kappa shape index (κ3) is 3.94. The van der Waals surface area contributed by atoms with Gasteiger partial charge in [0.05, 0.1) is 24.7 Å². The highest BCUT2D eigenvalue weighted by atomic mass is 16.3. The lowest BCUT2D eigenvalue weighted by Crippen LogP contribution is -2.32. The van der Waals surface area contributed by atoms with Crippen molar-refractivity contribution in [3.63, 3.8) is 0 Å². The molecule has 1 unspecified atom stereocenters. The summed E-state index contributed by atoms with van der Waals surface area (Å²) >= 11 is 0. The van der Waals surface area contributed by atoms with Crippen LogP contribution in [-0.4, -0.2) is 33.9 Å². The van der Waals surface area contributed by atoms with Gasteiger partial charge >= 0.3 is 0 Å². The number of nitrogens with one attached hydrogen (secondary N) is 1. The third-order valence-electron chi connectivity index (χ3n) is 2.69. The lowest BCUT2D eigenvalue weighted by Gasteiger charge is -2.14. The summed E-state index contributed by atoms with van der Waals surface area (Å²) in [7, 11) is 0. The lowest BCUT2D eigenvalue weighted by atomic mass is 10.2. The summed E-state index contributed by atoms with van der Waals surface area (Å²) in [6.45, 7) is 10.5. The van der Waals surface area contributed by atoms with Gasteiger partial charge in [0, 0.05) is 12.2 Å². The second-order valence-corrected chi connectivity index (χ2v) is 4.77. The van der Waals surface area contributed by atoms with E-state index >= 15 is 0 Å². The van der Waals surface area contributed by atoms with Crippen LogP contribution in [0.1, 0.15) is 25.2 Å². The molecule has 2 N–H and O–H groups in total. The Kier molecular flexibility index (Phi) is 4.96. The maximum absolute atomic E-state index is 9.84. The average Bonchev–Trinajstić information content (AvgIpc) is 2.49. The molecular formula is C12H23N3O. The maximum Gasteiger partial charge on any atom is 0.0952 e. The number of hydrogen-bond acceptors (Lipinski definition) is 3. The van der Waals surface area contributed by atoms with Gasteiger partial charge in [-0.05, 0) is 26.3 Å². The van der Waals surface area contributed by atoms with Crippen LogP contribution in [-0.2, 0) is 6.54 Å². The summed E-state index contributed by atoms with van der Waals surface area (Å²) in [4.78, 5) is 4.21. The zero-order valence-corrected chi connectivity index (χ0v) is 10.7. The van der Waals surface area contributed by atoms with Crippen molar-refractivity contribution in [3.05, 3.63) is 17.7 Å². The summed E-state index contributed by atoms with van der Waals surface area (Å²) in [5.41, 5.74) is 2.16. The van der Waals surface area contributed by atoms with Crippen LogP contribution in [0.2, 0.25) is 0 Å². The van der Waals surface area contributed by atoms with Gasteiger partial charge < -0.3 is 15.0 Å². The molecule has 0 aliphatic rings. The van der Waals surface area contributed by atoms with Crippen molar-refractivity contribution in [2.45, 2.75) is 40.3 Å². The zero-order chi connectivity index (χ0) is 12.1. The molecule has 0 aromatic carbocycles. The molecule has 0 amide bonds. The van der Waals surface area contributed by atoms with Crippen LogP contribution in [0.3, 0.4) is 0 Å². The van der Waals surface area contributed by atoms with E-state index < -0.39 is 0 Å². The molecule has 0 fully saturated rings. The molecule has 1 rings (SSSR count). The zero-order valence-electron chi connectivity index (χ0n) is 10.7. The maximum atomic E-state index is 9.84. The van der Waals surface area contributed by atoms with E-state index in [-0.39, 0.29) is 6.10 Å². The van der Waals surface area contributed by atoms with Crippen molar-refractivity contribution >= 4 is 0 Å². The van der Waals surface area contributed by atoms with Gasteiger partial charge in [0.25, 0.3) is 0 Å². The van der Waals surface area contributed by atoms with Crippen LogP contribution < -0.4 is 5.32 Å². The monoisotopic (exact) mass is 225 g/mol. The first-order valence-corrected chi connectivity index (χ1v) is 5.87. The van der Waals surface area contributed by atoms with Crippen LogP contribution in [0, 0.1) is 19.8 Å². The molecule has 0 radical (unpaired) electrons. The van der Waals surface area contributed by atoms with E-state index in [9.17, 15) is 5.11 Å². The van der Waals surface area contributed by atoms with Gasteiger partial charge in [-0.1, -0.05) is 13.8 Å². The highest BCUT2D eigenvalue weighted by Gasteiger charge is 2.08. The molecule has 1 atom stereocenters. The van der Waals surface area contributed by atoms with E-state index in [4.69, 9.17) is 0 Å². The second-order valence-electron chi connectivity index (χ2n) is 4.77. The normalized spacial score (nSPS) is 13.4. The summed E-state index contributed by atoms with van der Waals surface area (Å²) < 4.78 is 2.00. The van der Waals surface area contributed by atoms with Crippen molar-refractivity contribution in [2.24, 2.45) is 5.92 Å². The van der Waals surface area contributed by atoms with Gasteiger partial charge in [0.15, 0.2) is 0 Å². The predicted molar refractivity (Wildman–Crippen MR) is 65.4 cm³/mol. The molecule has 1 heterocycles. The third-order valence-corrected chi connectivity index (χ3v) is 2.69. The molecule has 92 valence electrons. The summed E-state index contributed by atoms with van der Waals surface area (Å²) in [5.74, 6) is 0.615. The summed E-state index contributed by atoms with van der Waals surface area (Å²) in [6, 6.07) is 0. The molecule has 0 saturated carbocycles. The van der Waals surface area contributed by atoms with Gasteiger partial charge in [-0.15, -0.1) is 0 Å². The van der Waals surface area contributed by atoms with Crippen molar-refractivity contribution < 1.29 is 5.11 Å². The van der Waals surface area contributed by atoms with E-state index in [1.807, 2.05) is 18.4 Å². The Hall–Kier alpha value is -0.870. The number of hydrogen-bond donors (Lipinski definition) is 2. The van der Waals surface area contributed by atoms with Gasteiger partial charge in [-0.25, -0.2) is 4.98 Å². The van der Waals surface area contributed by atoms with E-state index in [1.54, 1.807) is 6.33 Å². The van der Waals surface area contributed by atoms with Crippen LogP contribution in [0.25, 0.3) is 0 Å². The summed E-state index contributed by atoms with van der Waals surface area (Å²) in [6.07, 6.45) is 1.43. The highest BCUT2D eigenvalue weighted by molar-refractivity contribution is 5.08. The van der Waals surface area contributed by atoms with Crippen LogP contribution in [0.15, 0.2) is 6.33 Å². The number of imidazole rings is 1. The van der Waals surface area contributed by atoms with Crippen molar-refractivity contribution in [1.29, 1.82) is 0 Å². The Morgan fingerprint density at radius 3 is 2.56 bits per heavy atom. The molecule has 1 aromatic rings. The molecule has 1 aromatic heterocycles. The Balaban J connectivity index is 2.34. The fourth-order valence-corrected chi connectivity index (χ4v) is 1.56. The number of aromatic nitrogens is 2. The number of aryl methyl sites for hydroxylation is 1. The predicted octanol–water partition coefficient (Wildman–Crippen LogP) is 1.11. The molecular weight excluding hydrogens is 202 g/mol. The summed E-state index contributed by atoms with van der Waals surface area (Å²) in [5, 5.41) is 13.1. The minimum atomic E-state index is -0.356. The van der Waals surface area contributed by atoms with E-state index in [0.29, 0.717) is 19.0 Å². The fourth-order valence-electron chi connectivity index (χ4n) is 1.56. The minimum absolute atomic E-state index is 0.356. The SMILES string of the molecule is Cc1ncn(CC(O)CNCC(C)C)c1C. The first kappa shape index (κ1) is 13.2. The van der Waals surface area contributed by atoms with Crippen molar-refractivity contribution in [2.75, 3.05) is 13.1 Å². The largest absolute Gasteiger partial charge is 0.390 e. The lowest BCUT2D eigenvalue weighted by molar-refractivity contribution is 0.149. The highest BCUT2D eigenvalue weighted by Crippen LogP contribution is 2.04. The number of aliphatic hydroxyl groups is 1. The molecule has 0 aliphatic carbocycles. The van der Waals surface area contributed by atoms with Crippen LogP contribution in [0.4, 0.5) is 0 Å². The quantitative estimate of drug-likeness (QED) is 0.762. The molecule has 0 saturated heterocycles. The number of rotatable bonds is 6. The van der Waals surface area contributed by atoms with Gasteiger partial charge in [-0.2, -0.15) is 0 Å². The molecule has 0 spiro atoms. The molecule has 16 heavy (non-hydrogen) atoms. The van der Waals surface area contributed by atoms with Crippen LogP contribution >= 0.6 is 0 Å². The van der Waals surface area contributed by atoms with Crippen molar-refractivity contribution in [3.8, 4) is 0 Å². The molecule has 4 heteroatoms. The molecule has 0 aliphatic heterocycles. The second kappa shape index (κ2) is 6.01. The van der Waals surface area contributed by atoms with E-state index in [1.165, 1.54) is 0 Å². The van der Waals surface area contributed by atoms with Crippen molar-refractivity contribution in [1.82, 2.24) is 14.9 Å². The first-order chi connectivity index (χ1) is 7.50. The number of aliphatic hydroxyl groups excluding tert-OH is 1. The Labute approximate surface area is 97.7 Å². The Bertz CT molecular complexity index is 320. The topological polar surface area (TPSA) is 50.1 Å². The van der Waals surface area contributed by atoms with Gasteiger partial charge in [0.1, 0.15) is 0 Å². The minimum Gasteiger partial charge on any atom is -0.390 e. The van der Waals surface area contributed by atoms with E-state index in [2.05, 4.69) is 24.1 Å². The Morgan fingerprint density at radius 2 is 2.06 bits per heavy atom.